The van der Waals surface area contributed by atoms with Gasteiger partial charge in [0.25, 0.3) is 0 Å². The minimum Gasteiger partial charge on any atom is -0.544 e. The number of benzene rings is 3. The molecule has 0 bridgehead atoms. The van der Waals surface area contributed by atoms with Crippen molar-refractivity contribution in [2.24, 2.45) is 5.73 Å². The number of nitrogens with two attached hydrogens (primary N) is 1. The first-order valence-electron chi connectivity index (χ1n) is 13.5. The Hall–Kier alpha value is -3.58. The molecule has 0 saturated heterocycles. The second-order valence-corrected chi connectivity index (χ2v) is 16.9. The minimum absolute atomic E-state index is 0.00625. The maximum absolute atomic E-state index is 13.8. The van der Waals surface area contributed by atoms with E-state index < -0.39 is 25.7 Å². The van der Waals surface area contributed by atoms with Gasteiger partial charge in [-0.3, -0.25) is 4.79 Å². The first-order chi connectivity index (χ1) is 18.2. The van der Waals surface area contributed by atoms with Crippen LogP contribution in [0.2, 0.25) is 19.6 Å². The van der Waals surface area contributed by atoms with E-state index in [4.69, 9.17) is 10.2 Å². The molecule has 0 fully saturated rings. The van der Waals surface area contributed by atoms with E-state index in [2.05, 4.69) is 64.7 Å². The van der Waals surface area contributed by atoms with Crippen molar-refractivity contribution in [1.82, 2.24) is 0 Å². The van der Waals surface area contributed by atoms with Crippen molar-refractivity contribution >= 4 is 25.9 Å². The standard InChI is InChI=1S/C32H40N2O4Si/c1-31(2,3)24-14-12-22(13-15-24)21-32(30(33)37,25-16-18-26(19-17-25)38-39(4,5)6)34-20-8-10-23-9-7-11-27(28(23)34)29(35)36/h7,9,11-19H,8,10,20-21H2,1-6H3,(H2,33,37)(H,35,36). The van der Waals surface area contributed by atoms with Gasteiger partial charge in [0, 0.05) is 13.0 Å². The number of aromatic carboxylic acids is 1. The Morgan fingerprint density at radius 2 is 1.56 bits per heavy atom. The highest BCUT2D eigenvalue weighted by atomic mass is 28.4. The number of hydrogen-bond donors (Lipinski definition) is 2. The topological polar surface area (TPSA) is 92.9 Å². The number of carboxylic acid groups (broad SMARTS) is 1. The van der Waals surface area contributed by atoms with Crippen LogP contribution in [0.1, 0.15) is 59.8 Å². The molecule has 0 aliphatic carbocycles. The second kappa shape index (κ2) is 10.5. The van der Waals surface area contributed by atoms with Crippen molar-refractivity contribution in [2.75, 3.05) is 11.4 Å². The van der Waals surface area contributed by atoms with E-state index in [1.54, 1.807) is 12.1 Å². The van der Waals surface area contributed by atoms with Crippen molar-refractivity contribution in [3.63, 3.8) is 0 Å². The van der Waals surface area contributed by atoms with Crippen molar-refractivity contribution in [3.05, 3.63) is 94.5 Å². The second-order valence-electron chi connectivity index (χ2n) is 12.5. The number of para-hydroxylation sites is 1. The van der Waals surface area contributed by atoms with Crippen LogP contribution in [0.15, 0.2) is 66.7 Å². The average Bonchev–Trinajstić information content (AvgIpc) is 2.86. The zero-order valence-electron chi connectivity index (χ0n) is 23.9. The van der Waals surface area contributed by atoms with Gasteiger partial charge in [-0.1, -0.05) is 69.3 Å². The first kappa shape index (κ1) is 28.4. The number of amides is 1. The summed E-state index contributed by atoms with van der Waals surface area (Å²) in [5.41, 5.74) is 9.56. The van der Waals surface area contributed by atoms with Crippen molar-refractivity contribution in [2.45, 2.75) is 70.6 Å². The molecule has 4 rings (SSSR count). The van der Waals surface area contributed by atoms with Gasteiger partial charge >= 0.3 is 5.97 Å². The number of anilines is 1. The molecule has 0 radical (unpaired) electrons. The van der Waals surface area contributed by atoms with E-state index in [1.807, 2.05) is 35.2 Å². The Morgan fingerprint density at radius 1 is 0.949 bits per heavy atom. The number of hydrogen-bond acceptors (Lipinski definition) is 4. The summed E-state index contributed by atoms with van der Waals surface area (Å²) in [6, 6.07) is 21.2. The van der Waals surface area contributed by atoms with Gasteiger partial charge in [-0.25, -0.2) is 4.79 Å². The van der Waals surface area contributed by atoms with Gasteiger partial charge in [0.1, 0.15) is 11.3 Å². The summed E-state index contributed by atoms with van der Waals surface area (Å²) in [7, 11) is -1.83. The summed E-state index contributed by atoms with van der Waals surface area (Å²) in [4.78, 5) is 28.1. The summed E-state index contributed by atoms with van der Waals surface area (Å²) in [5.74, 6) is -0.795. The van der Waals surface area contributed by atoms with Gasteiger partial charge in [0.15, 0.2) is 0 Å². The van der Waals surface area contributed by atoms with Crippen molar-refractivity contribution in [1.29, 1.82) is 0 Å². The minimum atomic E-state index is -1.83. The van der Waals surface area contributed by atoms with Gasteiger partial charge in [-0.05, 0) is 78.4 Å². The SMILES string of the molecule is CC(C)(C)c1ccc(CC(C(N)=O)(c2ccc(O[Si](C)(C)C)cc2)N2CCCc3cccc(C(=O)O)c32)cc1. The van der Waals surface area contributed by atoms with Crippen molar-refractivity contribution < 1.29 is 19.1 Å². The molecule has 0 spiro atoms. The molecule has 0 saturated carbocycles. The highest BCUT2D eigenvalue weighted by Crippen LogP contribution is 2.43. The lowest BCUT2D eigenvalue weighted by Crippen LogP contribution is -2.58. The fourth-order valence-electron chi connectivity index (χ4n) is 5.49. The quantitative estimate of drug-likeness (QED) is 0.326. The summed E-state index contributed by atoms with van der Waals surface area (Å²) in [5, 5.41) is 10.1. The lowest BCUT2D eigenvalue weighted by Gasteiger charge is -2.47. The maximum atomic E-state index is 13.8. The molecular formula is C32H40N2O4Si. The third kappa shape index (κ3) is 5.88. The Morgan fingerprint density at radius 3 is 2.10 bits per heavy atom. The molecule has 3 aromatic rings. The number of primary amides is 1. The lowest BCUT2D eigenvalue weighted by molar-refractivity contribution is -0.123. The third-order valence-corrected chi connectivity index (χ3v) is 8.20. The zero-order valence-corrected chi connectivity index (χ0v) is 24.9. The van der Waals surface area contributed by atoms with Crippen LogP contribution in [0.25, 0.3) is 0 Å². The molecule has 1 aliphatic rings. The number of carbonyl (C=O) groups is 2. The summed E-state index contributed by atoms with van der Waals surface area (Å²) < 4.78 is 6.18. The molecule has 206 valence electrons. The molecule has 1 amide bonds. The van der Waals surface area contributed by atoms with E-state index in [9.17, 15) is 14.7 Å². The fraction of sp³-hybridized carbons (Fsp3) is 0.375. The van der Waals surface area contributed by atoms with Crippen LogP contribution < -0.4 is 15.1 Å². The molecule has 1 aliphatic heterocycles. The fourth-order valence-corrected chi connectivity index (χ4v) is 6.33. The molecular weight excluding hydrogens is 504 g/mol. The van der Waals surface area contributed by atoms with Gasteiger partial charge in [-0.15, -0.1) is 0 Å². The zero-order chi connectivity index (χ0) is 28.6. The summed E-state index contributed by atoms with van der Waals surface area (Å²) in [6.45, 7) is 13.4. The highest BCUT2D eigenvalue weighted by molar-refractivity contribution is 6.70. The normalized spacial score (nSPS) is 15.3. The number of rotatable bonds is 8. The van der Waals surface area contributed by atoms with Crippen LogP contribution in [-0.4, -0.2) is 31.8 Å². The predicted octanol–water partition coefficient (Wildman–Crippen LogP) is 6.27. The smallest absolute Gasteiger partial charge is 0.337 e. The summed E-state index contributed by atoms with van der Waals surface area (Å²) >= 11 is 0. The molecule has 3 N–H and O–H groups in total. The lowest BCUT2D eigenvalue weighted by atomic mass is 9.78. The Labute approximate surface area is 232 Å². The summed E-state index contributed by atoms with van der Waals surface area (Å²) in [6.07, 6.45) is 1.82. The first-order valence-corrected chi connectivity index (χ1v) is 16.9. The molecule has 1 unspecified atom stereocenters. The van der Waals surface area contributed by atoms with Crippen molar-refractivity contribution in [3.8, 4) is 5.75 Å². The average molecular weight is 545 g/mol. The molecule has 6 nitrogen and oxygen atoms in total. The molecule has 0 aromatic heterocycles. The number of fused-ring (bicyclic) bond motifs is 1. The molecule has 1 atom stereocenters. The van der Waals surface area contributed by atoms with E-state index in [0.29, 0.717) is 24.2 Å². The van der Waals surface area contributed by atoms with Crippen LogP contribution in [-0.2, 0) is 28.6 Å². The van der Waals surface area contributed by atoms with Crippen LogP contribution in [0.5, 0.6) is 5.75 Å². The van der Waals surface area contributed by atoms with E-state index in [1.165, 1.54) is 5.56 Å². The van der Waals surface area contributed by atoms with Crippen LogP contribution in [0, 0.1) is 0 Å². The molecule has 39 heavy (non-hydrogen) atoms. The van der Waals surface area contributed by atoms with Gasteiger partial charge in [0.05, 0.1) is 11.3 Å². The van der Waals surface area contributed by atoms with Gasteiger partial charge in [0.2, 0.25) is 14.2 Å². The van der Waals surface area contributed by atoms with Crippen LogP contribution >= 0.6 is 0 Å². The monoisotopic (exact) mass is 544 g/mol. The largest absolute Gasteiger partial charge is 0.544 e. The number of nitrogens with zero attached hydrogens (tertiary/aromatic N) is 1. The maximum Gasteiger partial charge on any atom is 0.337 e. The van der Waals surface area contributed by atoms with E-state index in [0.717, 1.165) is 29.7 Å². The van der Waals surface area contributed by atoms with E-state index in [-0.39, 0.29) is 11.0 Å². The number of carboxylic acids is 1. The van der Waals surface area contributed by atoms with Crippen LogP contribution in [0.4, 0.5) is 5.69 Å². The van der Waals surface area contributed by atoms with Gasteiger partial charge < -0.3 is 20.2 Å². The Kier molecular flexibility index (Phi) is 7.67. The molecule has 7 heteroatoms. The van der Waals surface area contributed by atoms with E-state index >= 15 is 0 Å². The van der Waals surface area contributed by atoms with Crippen LogP contribution in [0.3, 0.4) is 0 Å². The highest BCUT2D eigenvalue weighted by Gasteiger charge is 2.47. The number of carbonyl (C=O) groups excluding carboxylic acids is 1. The molecule has 1 heterocycles. The Bertz CT molecular complexity index is 1350. The molecule has 3 aromatic carbocycles. The number of aryl methyl sites for hydroxylation is 1. The third-order valence-electron chi connectivity index (χ3n) is 7.35. The van der Waals surface area contributed by atoms with Gasteiger partial charge in [-0.2, -0.15) is 0 Å². The Balaban J connectivity index is 1.92. The predicted molar refractivity (Wildman–Crippen MR) is 159 cm³/mol.